The molecule has 7 heteroatoms. The van der Waals surface area contributed by atoms with E-state index in [-0.39, 0.29) is 11.4 Å². The average molecular weight is 356 g/mol. The van der Waals surface area contributed by atoms with Crippen molar-refractivity contribution >= 4 is 31.6 Å². The van der Waals surface area contributed by atoms with Crippen LogP contribution in [0.2, 0.25) is 0 Å². The summed E-state index contributed by atoms with van der Waals surface area (Å²) < 4.78 is 27.8. The number of anilines is 1. The zero-order chi connectivity index (χ0) is 14.8. The molecule has 1 aromatic heterocycles. The van der Waals surface area contributed by atoms with Crippen molar-refractivity contribution < 1.29 is 8.42 Å². The molecule has 5 nitrogen and oxygen atoms in total. The number of benzene rings is 1. The number of aromatic nitrogens is 1. The molecule has 0 aliphatic heterocycles. The van der Waals surface area contributed by atoms with Crippen molar-refractivity contribution in [1.29, 1.82) is 0 Å². The number of halogens is 1. The monoisotopic (exact) mass is 355 g/mol. The van der Waals surface area contributed by atoms with Gasteiger partial charge in [-0.05, 0) is 52.7 Å². The van der Waals surface area contributed by atoms with Crippen molar-refractivity contribution in [3.63, 3.8) is 0 Å². The quantitative estimate of drug-likeness (QED) is 0.881. The summed E-state index contributed by atoms with van der Waals surface area (Å²) in [5.41, 5.74) is 7.51. The summed E-state index contributed by atoms with van der Waals surface area (Å²) in [5, 5.41) is 0. The lowest BCUT2D eigenvalue weighted by Crippen LogP contribution is -2.14. The summed E-state index contributed by atoms with van der Waals surface area (Å²) in [4.78, 5) is 4.19. The minimum atomic E-state index is -3.67. The molecule has 1 heterocycles. The first-order chi connectivity index (χ1) is 9.42. The second-order valence-corrected chi connectivity index (χ2v) is 6.77. The Morgan fingerprint density at radius 1 is 1.30 bits per heavy atom. The summed E-state index contributed by atoms with van der Waals surface area (Å²) in [5.74, 6) is 0. The number of nitrogens with one attached hydrogen (secondary N) is 1. The molecule has 0 aliphatic carbocycles. The maximum Gasteiger partial charge on any atom is 0.263 e. The van der Waals surface area contributed by atoms with Crippen LogP contribution < -0.4 is 10.5 Å². The van der Waals surface area contributed by atoms with Crippen LogP contribution in [0.3, 0.4) is 0 Å². The van der Waals surface area contributed by atoms with Crippen molar-refractivity contribution in [2.75, 3.05) is 4.72 Å². The molecule has 0 spiro atoms. The summed E-state index contributed by atoms with van der Waals surface area (Å²) in [6, 6.07) is 8.28. The van der Waals surface area contributed by atoms with Crippen molar-refractivity contribution in [2.24, 2.45) is 5.73 Å². The molecule has 0 saturated carbocycles. The van der Waals surface area contributed by atoms with Crippen molar-refractivity contribution in [3.05, 3.63) is 52.3 Å². The third-order valence-corrected chi connectivity index (χ3v) is 5.04. The van der Waals surface area contributed by atoms with Gasteiger partial charge in [-0.3, -0.25) is 9.71 Å². The van der Waals surface area contributed by atoms with Crippen LogP contribution >= 0.6 is 15.9 Å². The topological polar surface area (TPSA) is 85.1 Å². The van der Waals surface area contributed by atoms with E-state index in [1.54, 1.807) is 43.5 Å². The van der Waals surface area contributed by atoms with E-state index in [4.69, 9.17) is 5.73 Å². The number of hydrogen-bond acceptors (Lipinski definition) is 4. The van der Waals surface area contributed by atoms with Gasteiger partial charge in [0.15, 0.2) is 0 Å². The Kier molecular flexibility index (Phi) is 4.42. The van der Waals surface area contributed by atoms with E-state index < -0.39 is 10.0 Å². The summed E-state index contributed by atoms with van der Waals surface area (Å²) >= 11 is 3.25. The van der Waals surface area contributed by atoms with Gasteiger partial charge in [-0.15, -0.1) is 0 Å². The largest absolute Gasteiger partial charge is 0.326 e. The van der Waals surface area contributed by atoms with E-state index in [9.17, 15) is 8.42 Å². The fraction of sp³-hybridized carbons (Fsp3) is 0.154. The van der Waals surface area contributed by atoms with Gasteiger partial charge in [0.05, 0.1) is 5.69 Å². The molecule has 0 aliphatic rings. The predicted octanol–water partition coefficient (Wildman–Crippen LogP) is 2.41. The fourth-order valence-electron chi connectivity index (χ4n) is 1.70. The van der Waals surface area contributed by atoms with Gasteiger partial charge in [-0.25, -0.2) is 8.42 Å². The number of pyridine rings is 1. The lowest BCUT2D eigenvalue weighted by atomic mass is 10.2. The Morgan fingerprint density at radius 3 is 2.70 bits per heavy atom. The minimum absolute atomic E-state index is 0.162. The molecule has 2 rings (SSSR count). The standard InChI is InChI=1S/C13H14BrN3O2S/c1-9-6-11(4-5-16-9)17-20(18,19)13-7-10(8-15)2-3-12(13)14/h2-7H,8,15H2,1H3,(H,16,17). The molecule has 0 unspecified atom stereocenters. The zero-order valence-corrected chi connectivity index (χ0v) is 13.2. The first kappa shape index (κ1) is 15.0. The van der Waals surface area contributed by atoms with Gasteiger partial charge < -0.3 is 5.73 Å². The molecule has 3 N–H and O–H groups in total. The van der Waals surface area contributed by atoms with Crippen molar-refractivity contribution in [3.8, 4) is 0 Å². The zero-order valence-electron chi connectivity index (χ0n) is 10.8. The second-order valence-electron chi connectivity index (χ2n) is 4.26. The second kappa shape index (κ2) is 5.90. The predicted molar refractivity (Wildman–Crippen MR) is 81.8 cm³/mol. The molecule has 20 heavy (non-hydrogen) atoms. The number of nitrogens with zero attached hydrogens (tertiary/aromatic N) is 1. The van der Waals surface area contributed by atoms with Crippen LogP contribution in [0, 0.1) is 6.92 Å². The highest BCUT2D eigenvalue weighted by Gasteiger charge is 2.18. The molecular formula is C13H14BrN3O2S. The first-order valence-electron chi connectivity index (χ1n) is 5.86. The summed E-state index contributed by atoms with van der Waals surface area (Å²) in [7, 11) is -3.67. The van der Waals surface area contributed by atoms with Crippen molar-refractivity contribution in [2.45, 2.75) is 18.4 Å². The Balaban J connectivity index is 2.40. The molecule has 106 valence electrons. The highest BCUT2D eigenvalue weighted by atomic mass is 79.9. The number of hydrogen-bond donors (Lipinski definition) is 2. The average Bonchev–Trinajstić information content (AvgIpc) is 2.38. The maximum absolute atomic E-state index is 12.4. The molecule has 0 saturated heterocycles. The van der Waals surface area contributed by atoms with Crippen molar-refractivity contribution in [1.82, 2.24) is 4.98 Å². The third-order valence-electron chi connectivity index (χ3n) is 2.67. The Morgan fingerprint density at radius 2 is 2.05 bits per heavy atom. The lowest BCUT2D eigenvalue weighted by molar-refractivity contribution is 0.600. The molecule has 0 radical (unpaired) electrons. The van der Waals surface area contributed by atoms with E-state index in [2.05, 4.69) is 25.6 Å². The SMILES string of the molecule is Cc1cc(NS(=O)(=O)c2cc(CN)ccc2Br)ccn1. The maximum atomic E-state index is 12.4. The lowest BCUT2D eigenvalue weighted by Gasteiger charge is -2.11. The van der Waals surface area contributed by atoms with Gasteiger partial charge >= 0.3 is 0 Å². The van der Waals surface area contributed by atoms with E-state index in [0.29, 0.717) is 10.2 Å². The van der Waals surface area contributed by atoms with E-state index in [1.807, 2.05) is 0 Å². The van der Waals surface area contributed by atoms with Crippen LogP contribution in [-0.2, 0) is 16.6 Å². The molecular weight excluding hydrogens is 342 g/mol. The summed E-state index contributed by atoms with van der Waals surface area (Å²) in [6.07, 6.45) is 1.55. The van der Waals surface area contributed by atoms with Gasteiger partial charge in [0, 0.05) is 22.9 Å². The van der Waals surface area contributed by atoms with Crippen LogP contribution in [0.15, 0.2) is 45.9 Å². The molecule has 0 bridgehead atoms. The van der Waals surface area contributed by atoms with Gasteiger partial charge in [0.2, 0.25) is 0 Å². The van der Waals surface area contributed by atoms with Crippen LogP contribution in [0.5, 0.6) is 0 Å². The van der Waals surface area contributed by atoms with E-state index >= 15 is 0 Å². The first-order valence-corrected chi connectivity index (χ1v) is 8.14. The number of nitrogens with two attached hydrogens (primary N) is 1. The molecule has 1 aromatic carbocycles. The minimum Gasteiger partial charge on any atom is -0.326 e. The summed E-state index contributed by atoms with van der Waals surface area (Å²) in [6.45, 7) is 2.08. The molecule has 0 amide bonds. The van der Waals surface area contributed by atoms with E-state index in [1.165, 1.54) is 0 Å². The molecule has 0 atom stereocenters. The third kappa shape index (κ3) is 3.36. The highest BCUT2D eigenvalue weighted by molar-refractivity contribution is 9.10. The van der Waals surface area contributed by atoms with Gasteiger partial charge in [-0.1, -0.05) is 6.07 Å². The van der Waals surface area contributed by atoms with Crippen LogP contribution in [0.1, 0.15) is 11.3 Å². The Labute approximate surface area is 126 Å². The number of rotatable bonds is 4. The van der Waals surface area contributed by atoms with E-state index in [0.717, 1.165) is 11.3 Å². The van der Waals surface area contributed by atoms with Crippen LogP contribution in [0.4, 0.5) is 5.69 Å². The highest BCUT2D eigenvalue weighted by Crippen LogP contribution is 2.25. The van der Waals surface area contributed by atoms with Gasteiger partial charge in [0.25, 0.3) is 10.0 Å². The Hall–Kier alpha value is -1.44. The number of aryl methyl sites for hydroxylation is 1. The molecule has 0 fully saturated rings. The van der Waals surface area contributed by atoms with Crippen LogP contribution in [-0.4, -0.2) is 13.4 Å². The van der Waals surface area contributed by atoms with Gasteiger partial charge in [-0.2, -0.15) is 0 Å². The Bertz CT molecular complexity index is 732. The fourth-order valence-corrected chi connectivity index (χ4v) is 3.76. The smallest absolute Gasteiger partial charge is 0.263 e. The number of sulfonamides is 1. The van der Waals surface area contributed by atoms with Gasteiger partial charge in [0.1, 0.15) is 4.90 Å². The molecule has 2 aromatic rings. The normalized spacial score (nSPS) is 11.3. The van der Waals surface area contributed by atoms with Crippen LogP contribution in [0.25, 0.3) is 0 Å².